The molecule has 0 heterocycles. The average Bonchev–Trinajstić information content (AvgIpc) is 2.45. The lowest BCUT2D eigenvalue weighted by molar-refractivity contribution is -0.131. The minimum Gasteiger partial charge on any atom is -0.396 e. The maximum Gasteiger partial charge on any atom is 0.242 e. The van der Waals surface area contributed by atoms with E-state index in [2.05, 4.69) is 10.6 Å². The van der Waals surface area contributed by atoms with E-state index >= 15 is 0 Å². The second-order valence-corrected chi connectivity index (χ2v) is 6.92. The zero-order valence-electron chi connectivity index (χ0n) is 13.6. The molecule has 0 aromatic heterocycles. The van der Waals surface area contributed by atoms with Crippen molar-refractivity contribution in [1.29, 1.82) is 0 Å². The number of aliphatic hydroxyl groups excluding tert-OH is 1. The molecule has 2 amide bonds. The van der Waals surface area contributed by atoms with Crippen LogP contribution in [0.15, 0.2) is 0 Å². The molecule has 3 N–H and O–H groups in total. The lowest BCUT2D eigenvalue weighted by Gasteiger charge is -2.26. The molecule has 1 aliphatic rings. The Labute approximate surface area is 127 Å². The Balaban J connectivity index is 2.34. The third kappa shape index (κ3) is 6.46. The third-order valence-corrected chi connectivity index (χ3v) is 4.26. The van der Waals surface area contributed by atoms with Crippen molar-refractivity contribution in [3.05, 3.63) is 0 Å². The molecule has 0 saturated heterocycles. The molecule has 1 rings (SSSR count). The van der Waals surface area contributed by atoms with Gasteiger partial charge in [0.1, 0.15) is 6.04 Å². The topological polar surface area (TPSA) is 78.4 Å². The lowest BCUT2D eigenvalue weighted by Crippen LogP contribution is -2.48. The highest BCUT2D eigenvalue weighted by Crippen LogP contribution is 2.23. The molecule has 0 aliphatic heterocycles. The van der Waals surface area contributed by atoms with Crippen LogP contribution in [-0.2, 0) is 9.59 Å². The zero-order valence-corrected chi connectivity index (χ0v) is 13.6. The van der Waals surface area contributed by atoms with Crippen molar-refractivity contribution in [2.75, 3.05) is 13.2 Å². The number of carbonyl (C=O) groups excluding carboxylic acids is 2. The number of aliphatic hydroxyl groups is 1. The Bertz CT molecular complexity index is 349. The molecule has 1 saturated carbocycles. The van der Waals surface area contributed by atoms with Gasteiger partial charge in [-0.05, 0) is 31.6 Å². The van der Waals surface area contributed by atoms with Crippen LogP contribution in [0, 0.1) is 11.3 Å². The molecule has 1 aliphatic carbocycles. The van der Waals surface area contributed by atoms with E-state index in [0.717, 1.165) is 25.7 Å². The van der Waals surface area contributed by atoms with Gasteiger partial charge in [-0.1, -0.05) is 33.1 Å². The van der Waals surface area contributed by atoms with E-state index in [4.69, 9.17) is 5.11 Å². The number of nitrogens with one attached hydrogen (secondary N) is 2. The van der Waals surface area contributed by atoms with Crippen molar-refractivity contribution in [3.63, 3.8) is 0 Å². The van der Waals surface area contributed by atoms with Crippen molar-refractivity contribution in [2.24, 2.45) is 11.3 Å². The molecule has 5 nitrogen and oxygen atoms in total. The van der Waals surface area contributed by atoms with Gasteiger partial charge in [0.05, 0.1) is 0 Å². The van der Waals surface area contributed by atoms with E-state index in [1.54, 1.807) is 6.92 Å². The van der Waals surface area contributed by atoms with Crippen LogP contribution >= 0.6 is 0 Å². The van der Waals surface area contributed by atoms with Gasteiger partial charge in [-0.2, -0.15) is 0 Å². The number of rotatable bonds is 7. The average molecular weight is 298 g/mol. The fourth-order valence-corrected chi connectivity index (χ4v) is 2.63. The highest BCUT2D eigenvalue weighted by atomic mass is 16.3. The van der Waals surface area contributed by atoms with Crippen LogP contribution in [0.4, 0.5) is 0 Å². The molecule has 0 aromatic carbocycles. The fraction of sp³-hybridized carbons (Fsp3) is 0.875. The molecule has 122 valence electrons. The summed E-state index contributed by atoms with van der Waals surface area (Å²) in [6.45, 7) is 6.31. The van der Waals surface area contributed by atoms with Crippen molar-refractivity contribution in [1.82, 2.24) is 10.6 Å². The van der Waals surface area contributed by atoms with Crippen LogP contribution < -0.4 is 10.6 Å². The maximum atomic E-state index is 12.1. The molecule has 1 unspecified atom stereocenters. The van der Waals surface area contributed by atoms with Gasteiger partial charge in [-0.25, -0.2) is 0 Å². The lowest BCUT2D eigenvalue weighted by atomic mass is 9.88. The van der Waals surface area contributed by atoms with Crippen LogP contribution in [0.1, 0.15) is 59.3 Å². The predicted octanol–water partition coefficient (Wildman–Crippen LogP) is 1.60. The minimum atomic E-state index is -0.510. The third-order valence-electron chi connectivity index (χ3n) is 4.26. The van der Waals surface area contributed by atoms with Gasteiger partial charge in [-0.15, -0.1) is 0 Å². The molecule has 21 heavy (non-hydrogen) atoms. The Morgan fingerprint density at radius 2 is 1.86 bits per heavy atom. The van der Waals surface area contributed by atoms with Crippen LogP contribution in [0.5, 0.6) is 0 Å². The number of carbonyl (C=O) groups is 2. The van der Waals surface area contributed by atoms with Gasteiger partial charge in [-0.3, -0.25) is 9.59 Å². The Hall–Kier alpha value is -1.10. The summed E-state index contributed by atoms with van der Waals surface area (Å²) in [5.41, 5.74) is -0.141. The fourth-order valence-electron chi connectivity index (χ4n) is 2.63. The van der Waals surface area contributed by atoms with Gasteiger partial charge >= 0.3 is 0 Å². The molecule has 0 bridgehead atoms. The van der Waals surface area contributed by atoms with Gasteiger partial charge in [0.15, 0.2) is 0 Å². The summed E-state index contributed by atoms with van der Waals surface area (Å²) in [5.74, 6) is -0.0861. The minimum absolute atomic E-state index is 0.00645. The van der Waals surface area contributed by atoms with E-state index in [9.17, 15) is 9.59 Å². The number of hydrogen-bond donors (Lipinski definition) is 3. The largest absolute Gasteiger partial charge is 0.396 e. The van der Waals surface area contributed by atoms with Crippen molar-refractivity contribution < 1.29 is 14.7 Å². The van der Waals surface area contributed by atoms with E-state index in [1.807, 2.05) is 13.8 Å². The molecule has 0 radical (unpaired) electrons. The van der Waals surface area contributed by atoms with E-state index in [0.29, 0.717) is 13.0 Å². The number of amides is 2. The molecule has 1 atom stereocenters. The van der Waals surface area contributed by atoms with Crippen molar-refractivity contribution in [3.8, 4) is 0 Å². The van der Waals surface area contributed by atoms with Gasteiger partial charge < -0.3 is 15.7 Å². The summed E-state index contributed by atoms with van der Waals surface area (Å²) in [4.78, 5) is 24.1. The Morgan fingerprint density at radius 3 is 2.43 bits per heavy atom. The highest BCUT2D eigenvalue weighted by Gasteiger charge is 2.25. The van der Waals surface area contributed by atoms with E-state index < -0.39 is 6.04 Å². The monoisotopic (exact) mass is 298 g/mol. The maximum absolute atomic E-state index is 12.1. The molecule has 0 spiro atoms. The number of hydrogen-bond acceptors (Lipinski definition) is 3. The molecular formula is C16H30N2O3. The SMILES string of the molecule is CC(NC(=O)C1CCCCC1)C(=O)NCC(C)(C)CCO. The summed E-state index contributed by atoms with van der Waals surface area (Å²) in [6.07, 6.45) is 5.92. The highest BCUT2D eigenvalue weighted by molar-refractivity contribution is 5.88. The van der Waals surface area contributed by atoms with Crippen LogP contribution in [0.3, 0.4) is 0 Å². The second-order valence-electron chi connectivity index (χ2n) is 6.92. The van der Waals surface area contributed by atoms with Crippen molar-refractivity contribution >= 4 is 11.8 Å². The van der Waals surface area contributed by atoms with E-state index in [-0.39, 0.29) is 29.8 Å². The first-order chi connectivity index (χ1) is 9.85. The van der Waals surface area contributed by atoms with E-state index in [1.165, 1.54) is 6.42 Å². The Morgan fingerprint density at radius 1 is 1.24 bits per heavy atom. The quantitative estimate of drug-likeness (QED) is 0.668. The first-order valence-electron chi connectivity index (χ1n) is 8.05. The summed E-state index contributed by atoms with van der Waals surface area (Å²) < 4.78 is 0. The Kier molecular flexibility index (Phi) is 7.15. The van der Waals surface area contributed by atoms with Crippen LogP contribution in [-0.4, -0.2) is 36.1 Å². The summed E-state index contributed by atoms with van der Waals surface area (Å²) >= 11 is 0. The van der Waals surface area contributed by atoms with Crippen molar-refractivity contribution in [2.45, 2.75) is 65.3 Å². The van der Waals surface area contributed by atoms with Gasteiger partial charge in [0, 0.05) is 19.1 Å². The summed E-state index contributed by atoms with van der Waals surface area (Å²) in [5, 5.41) is 14.6. The molecule has 0 aromatic rings. The molecular weight excluding hydrogens is 268 g/mol. The van der Waals surface area contributed by atoms with Crippen LogP contribution in [0.2, 0.25) is 0 Å². The second kappa shape index (κ2) is 8.37. The van der Waals surface area contributed by atoms with Crippen LogP contribution in [0.25, 0.3) is 0 Å². The van der Waals surface area contributed by atoms with Gasteiger partial charge in [0.2, 0.25) is 11.8 Å². The summed E-state index contributed by atoms with van der Waals surface area (Å²) in [7, 11) is 0. The molecule has 1 fully saturated rings. The predicted molar refractivity (Wildman–Crippen MR) is 82.7 cm³/mol. The first-order valence-corrected chi connectivity index (χ1v) is 8.05. The smallest absolute Gasteiger partial charge is 0.242 e. The normalized spacial score (nSPS) is 18.1. The molecule has 5 heteroatoms. The standard InChI is InChI=1S/C16H30N2O3/c1-12(14(20)17-11-16(2,3)9-10-19)18-15(21)13-7-5-4-6-8-13/h12-13,19H,4-11H2,1-3H3,(H,17,20)(H,18,21). The first kappa shape index (κ1) is 18.0. The zero-order chi connectivity index (χ0) is 15.9. The van der Waals surface area contributed by atoms with Gasteiger partial charge in [0.25, 0.3) is 0 Å². The summed E-state index contributed by atoms with van der Waals surface area (Å²) in [6, 6.07) is -0.510.